The summed E-state index contributed by atoms with van der Waals surface area (Å²) < 4.78 is 26.1. The minimum absolute atomic E-state index is 0.00924. The van der Waals surface area contributed by atoms with Gasteiger partial charge in [0.1, 0.15) is 17.2 Å². The van der Waals surface area contributed by atoms with Crippen molar-refractivity contribution in [3.63, 3.8) is 0 Å². The lowest BCUT2D eigenvalue weighted by Crippen LogP contribution is -2.07. The molecule has 6 heteroatoms. The predicted octanol–water partition coefficient (Wildman–Crippen LogP) is 2.67. The first-order chi connectivity index (χ1) is 9.08. The van der Waals surface area contributed by atoms with Crippen molar-refractivity contribution in [1.29, 1.82) is 0 Å². The molecule has 2 aromatic rings. The van der Waals surface area contributed by atoms with E-state index in [0.29, 0.717) is 5.69 Å². The van der Waals surface area contributed by atoms with Gasteiger partial charge in [0, 0.05) is 30.6 Å². The van der Waals surface area contributed by atoms with Crippen LogP contribution in [0.1, 0.15) is 15.9 Å². The van der Waals surface area contributed by atoms with Gasteiger partial charge in [-0.15, -0.1) is 0 Å². The Bertz CT molecular complexity index is 617. The third-order valence-corrected chi connectivity index (χ3v) is 2.54. The molecule has 19 heavy (non-hydrogen) atoms. The van der Waals surface area contributed by atoms with Gasteiger partial charge in [-0.25, -0.2) is 13.6 Å². The van der Waals surface area contributed by atoms with Crippen LogP contribution >= 0.6 is 0 Å². The molecule has 0 aliphatic carbocycles. The second-order valence-electron chi connectivity index (χ2n) is 3.82. The smallest absolute Gasteiger partial charge is 0.339 e. The van der Waals surface area contributed by atoms with Gasteiger partial charge in [0.2, 0.25) is 0 Å². The first-order valence-corrected chi connectivity index (χ1v) is 5.43. The van der Waals surface area contributed by atoms with Crippen molar-refractivity contribution in [3.8, 4) is 0 Å². The van der Waals surface area contributed by atoms with Crippen LogP contribution in [-0.2, 0) is 6.54 Å². The maximum absolute atomic E-state index is 13.4. The zero-order valence-corrected chi connectivity index (χ0v) is 9.73. The van der Waals surface area contributed by atoms with E-state index in [2.05, 4.69) is 10.3 Å². The summed E-state index contributed by atoms with van der Waals surface area (Å²) in [6.45, 7) is 0.0520. The lowest BCUT2D eigenvalue weighted by atomic mass is 10.2. The van der Waals surface area contributed by atoms with Crippen molar-refractivity contribution in [3.05, 3.63) is 59.4 Å². The van der Waals surface area contributed by atoms with Crippen molar-refractivity contribution < 1.29 is 18.7 Å². The highest BCUT2D eigenvalue weighted by Gasteiger charge is 2.10. The van der Waals surface area contributed by atoms with Gasteiger partial charge in [0.15, 0.2) is 0 Å². The van der Waals surface area contributed by atoms with Crippen LogP contribution in [0.3, 0.4) is 0 Å². The van der Waals surface area contributed by atoms with Crippen molar-refractivity contribution in [2.24, 2.45) is 0 Å². The standard InChI is InChI=1S/C13H10F2N2O2/c14-9-2-1-8(11(15)5-9)6-17-12-3-4-16-7-10(12)13(18)19/h1-5,7H,6H2,(H,16,17)(H,18,19). The lowest BCUT2D eigenvalue weighted by Gasteiger charge is -2.09. The molecule has 98 valence electrons. The summed E-state index contributed by atoms with van der Waals surface area (Å²) in [7, 11) is 0. The zero-order chi connectivity index (χ0) is 13.8. The Morgan fingerprint density at radius 2 is 2.11 bits per heavy atom. The van der Waals surface area contributed by atoms with E-state index in [1.165, 1.54) is 24.5 Å². The van der Waals surface area contributed by atoms with E-state index in [1.54, 1.807) is 0 Å². The van der Waals surface area contributed by atoms with Crippen molar-refractivity contribution >= 4 is 11.7 Å². The number of aromatic nitrogens is 1. The fourth-order valence-electron chi connectivity index (χ4n) is 1.57. The fraction of sp³-hybridized carbons (Fsp3) is 0.0769. The van der Waals surface area contributed by atoms with Gasteiger partial charge < -0.3 is 10.4 Å². The molecule has 0 amide bonds. The van der Waals surface area contributed by atoms with Gasteiger partial charge in [0.05, 0.1) is 5.69 Å². The third-order valence-electron chi connectivity index (χ3n) is 2.54. The van der Waals surface area contributed by atoms with E-state index in [4.69, 9.17) is 5.11 Å². The predicted molar refractivity (Wildman–Crippen MR) is 64.9 cm³/mol. The van der Waals surface area contributed by atoms with Gasteiger partial charge >= 0.3 is 5.97 Å². The first kappa shape index (κ1) is 12.9. The van der Waals surface area contributed by atoms with Crippen LogP contribution in [0.15, 0.2) is 36.7 Å². The molecule has 0 aliphatic heterocycles. The molecule has 0 saturated carbocycles. The second-order valence-corrected chi connectivity index (χ2v) is 3.82. The number of halogens is 2. The number of hydrogen-bond acceptors (Lipinski definition) is 3. The van der Waals surface area contributed by atoms with E-state index in [1.807, 2.05) is 0 Å². The summed E-state index contributed by atoms with van der Waals surface area (Å²) in [6.07, 6.45) is 2.63. The van der Waals surface area contributed by atoms with Crippen molar-refractivity contribution in [2.45, 2.75) is 6.54 Å². The number of pyridine rings is 1. The SMILES string of the molecule is O=C(O)c1cnccc1NCc1ccc(F)cc1F. The Hall–Kier alpha value is -2.50. The number of carboxylic acid groups (broad SMARTS) is 1. The Balaban J connectivity index is 2.17. The number of carbonyl (C=O) groups is 1. The highest BCUT2D eigenvalue weighted by Crippen LogP contribution is 2.16. The van der Waals surface area contributed by atoms with Gasteiger partial charge in [-0.2, -0.15) is 0 Å². The van der Waals surface area contributed by atoms with E-state index in [-0.39, 0.29) is 17.7 Å². The van der Waals surface area contributed by atoms with Gasteiger partial charge in [-0.05, 0) is 12.1 Å². The number of carboxylic acids is 1. The van der Waals surface area contributed by atoms with Gasteiger partial charge in [0.25, 0.3) is 0 Å². The Labute approximate surface area is 107 Å². The fourth-order valence-corrected chi connectivity index (χ4v) is 1.57. The van der Waals surface area contributed by atoms with Crippen LogP contribution in [0, 0.1) is 11.6 Å². The largest absolute Gasteiger partial charge is 0.478 e. The Kier molecular flexibility index (Phi) is 3.70. The number of nitrogens with zero attached hydrogens (tertiary/aromatic N) is 1. The molecule has 2 N–H and O–H groups in total. The van der Waals surface area contributed by atoms with Crippen LogP contribution in [0.4, 0.5) is 14.5 Å². The van der Waals surface area contributed by atoms with Crippen LogP contribution in [-0.4, -0.2) is 16.1 Å². The molecule has 4 nitrogen and oxygen atoms in total. The van der Waals surface area contributed by atoms with E-state index in [0.717, 1.165) is 12.1 Å². The second kappa shape index (κ2) is 5.43. The normalized spacial score (nSPS) is 10.2. The number of aromatic carboxylic acids is 1. The Morgan fingerprint density at radius 3 is 2.79 bits per heavy atom. The number of rotatable bonds is 4. The van der Waals surface area contributed by atoms with Crippen LogP contribution in [0.5, 0.6) is 0 Å². The summed E-state index contributed by atoms with van der Waals surface area (Å²) in [5.74, 6) is -2.47. The van der Waals surface area contributed by atoms with Gasteiger partial charge in [-0.3, -0.25) is 4.98 Å². The highest BCUT2D eigenvalue weighted by atomic mass is 19.1. The first-order valence-electron chi connectivity index (χ1n) is 5.43. The summed E-state index contributed by atoms with van der Waals surface area (Å²) in [4.78, 5) is 14.6. The molecule has 0 aliphatic rings. The van der Waals surface area contributed by atoms with Crippen molar-refractivity contribution in [2.75, 3.05) is 5.32 Å². The topological polar surface area (TPSA) is 62.2 Å². The van der Waals surface area contributed by atoms with E-state index in [9.17, 15) is 13.6 Å². The molecule has 0 unspecified atom stereocenters. The van der Waals surface area contributed by atoms with Crippen LogP contribution in [0.2, 0.25) is 0 Å². The molecule has 0 spiro atoms. The third kappa shape index (κ3) is 3.04. The quantitative estimate of drug-likeness (QED) is 0.891. The minimum atomic E-state index is -1.13. The van der Waals surface area contributed by atoms with Crippen molar-refractivity contribution in [1.82, 2.24) is 4.98 Å². The van der Waals surface area contributed by atoms with E-state index >= 15 is 0 Å². The molecular weight excluding hydrogens is 254 g/mol. The summed E-state index contributed by atoms with van der Waals surface area (Å²) >= 11 is 0. The average molecular weight is 264 g/mol. The highest BCUT2D eigenvalue weighted by molar-refractivity contribution is 5.93. The lowest BCUT2D eigenvalue weighted by molar-refractivity contribution is 0.0697. The zero-order valence-electron chi connectivity index (χ0n) is 9.73. The molecule has 0 fully saturated rings. The van der Waals surface area contributed by atoms with Crippen LogP contribution < -0.4 is 5.32 Å². The Morgan fingerprint density at radius 1 is 1.32 bits per heavy atom. The number of nitrogens with one attached hydrogen (secondary N) is 1. The number of anilines is 1. The number of benzene rings is 1. The van der Waals surface area contributed by atoms with Crippen LogP contribution in [0.25, 0.3) is 0 Å². The number of hydrogen-bond donors (Lipinski definition) is 2. The average Bonchev–Trinajstić information content (AvgIpc) is 2.38. The molecule has 0 atom stereocenters. The molecule has 0 radical (unpaired) electrons. The molecular formula is C13H10F2N2O2. The molecule has 2 rings (SSSR count). The summed E-state index contributed by atoms with van der Waals surface area (Å²) in [5.41, 5.74) is 0.561. The maximum Gasteiger partial charge on any atom is 0.339 e. The molecule has 0 saturated heterocycles. The molecule has 1 aromatic heterocycles. The molecule has 0 bridgehead atoms. The summed E-state index contributed by atoms with van der Waals surface area (Å²) in [5, 5.41) is 11.7. The monoisotopic (exact) mass is 264 g/mol. The van der Waals surface area contributed by atoms with E-state index < -0.39 is 17.6 Å². The molecule has 1 heterocycles. The van der Waals surface area contributed by atoms with Gasteiger partial charge in [-0.1, -0.05) is 6.07 Å². The maximum atomic E-state index is 13.4. The summed E-state index contributed by atoms with van der Waals surface area (Å²) in [6, 6.07) is 4.70. The minimum Gasteiger partial charge on any atom is -0.478 e. The molecule has 1 aromatic carbocycles.